The highest BCUT2D eigenvalue weighted by Gasteiger charge is 2.18. The standard InChI is InChI=1S/C13H7Br2NO2/c14-7-1-2-11-9(5-7)10(6-16-11)12(17)8-3-4-18-13(8)15/h1-6,16H. The zero-order valence-electron chi connectivity index (χ0n) is 9.04. The molecule has 0 saturated carbocycles. The number of ketones is 1. The first-order valence-electron chi connectivity index (χ1n) is 5.21. The first kappa shape index (κ1) is 11.7. The predicted octanol–water partition coefficient (Wildman–Crippen LogP) is 4.52. The predicted molar refractivity (Wildman–Crippen MR) is 75.8 cm³/mol. The second kappa shape index (κ2) is 4.40. The molecule has 0 unspecified atom stereocenters. The van der Waals surface area contributed by atoms with E-state index in [4.69, 9.17) is 4.42 Å². The Labute approximate surface area is 119 Å². The van der Waals surface area contributed by atoms with E-state index in [9.17, 15) is 4.79 Å². The van der Waals surface area contributed by atoms with Gasteiger partial charge in [0.2, 0.25) is 0 Å². The third kappa shape index (κ3) is 1.83. The summed E-state index contributed by atoms with van der Waals surface area (Å²) in [6.45, 7) is 0. The fourth-order valence-corrected chi connectivity index (χ4v) is 2.66. The highest BCUT2D eigenvalue weighted by Crippen LogP contribution is 2.27. The lowest BCUT2D eigenvalue weighted by Crippen LogP contribution is -1.99. The van der Waals surface area contributed by atoms with Crippen molar-refractivity contribution in [2.24, 2.45) is 0 Å². The quantitative estimate of drug-likeness (QED) is 0.676. The van der Waals surface area contributed by atoms with Gasteiger partial charge in [-0.3, -0.25) is 4.79 Å². The SMILES string of the molecule is O=C(c1ccoc1Br)c1c[nH]c2ccc(Br)cc12. The van der Waals surface area contributed by atoms with E-state index in [2.05, 4.69) is 36.8 Å². The highest BCUT2D eigenvalue weighted by molar-refractivity contribution is 9.10. The van der Waals surface area contributed by atoms with Gasteiger partial charge < -0.3 is 9.40 Å². The Kier molecular flexibility index (Phi) is 2.87. The van der Waals surface area contributed by atoms with Gasteiger partial charge in [-0.25, -0.2) is 0 Å². The van der Waals surface area contributed by atoms with Crippen LogP contribution in [0.4, 0.5) is 0 Å². The maximum absolute atomic E-state index is 12.4. The normalized spacial score (nSPS) is 11.0. The van der Waals surface area contributed by atoms with Gasteiger partial charge in [0.25, 0.3) is 0 Å². The fourth-order valence-electron chi connectivity index (χ4n) is 1.88. The topological polar surface area (TPSA) is 46.0 Å². The van der Waals surface area contributed by atoms with Crippen LogP contribution >= 0.6 is 31.9 Å². The van der Waals surface area contributed by atoms with Crippen molar-refractivity contribution < 1.29 is 9.21 Å². The molecule has 0 atom stereocenters. The van der Waals surface area contributed by atoms with E-state index >= 15 is 0 Å². The number of hydrogen-bond acceptors (Lipinski definition) is 2. The molecule has 0 fully saturated rings. The van der Waals surface area contributed by atoms with Gasteiger partial charge in [0.05, 0.1) is 11.8 Å². The third-order valence-electron chi connectivity index (χ3n) is 2.75. The number of carbonyl (C=O) groups excluding carboxylic acids is 1. The van der Waals surface area contributed by atoms with Crippen molar-refractivity contribution >= 4 is 48.5 Å². The van der Waals surface area contributed by atoms with Crippen molar-refractivity contribution in [2.45, 2.75) is 0 Å². The number of aromatic nitrogens is 1. The Hall–Kier alpha value is -1.33. The van der Waals surface area contributed by atoms with Gasteiger partial charge in [0, 0.05) is 27.1 Å². The van der Waals surface area contributed by atoms with Crippen molar-refractivity contribution in [3.63, 3.8) is 0 Å². The lowest BCUT2D eigenvalue weighted by molar-refractivity contribution is 0.103. The summed E-state index contributed by atoms with van der Waals surface area (Å²) in [5, 5.41) is 0.891. The van der Waals surface area contributed by atoms with Crippen LogP contribution in [0.2, 0.25) is 0 Å². The number of benzene rings is 1. The van der Waals surface area contributed by atoms with Gasteiger partial charge in [0.15, 0.2) is 10.5 Å². The second-order valence-electron chi connectivity index (χ2n) is 3.83. The number of aromatic amines is 1. The van der Waals surface area contributed by atoms with E-state index in [1.807, 2.05) is 18.2 Å². The summed E-state index contributed by atoms with van der Waals surface area (Å²) in [7, 11) is 0. The van der Waals surface area contributed by atoms with Crippen molar-refractivity contribution in [1.82, 2.24) is 4.98 Å². The van der Waals surface area contributed by atoms with Crippen LogP contribution in [0.1, 0.15) is 15.9 Å². The van der Waals surface area contributed by atoms with E-state index in [-0.39, 0.29) is 5.78 Å². The number of hydrogen-bond donors (Lipinski definition) is 1. The molecule has 5 heteroatoms. The van der Waals surface area contributed by atoms with Crippen molar-refractivity contribution in [1.29, 1.82) is 0 Å². The molecular weight excluding hydrogens is 362 g/mol. The van der Waals surface area contributed by atoms with E-state index in [1.54, 1.807) is 12.3 Å². The molecule has 90 valence electrons. The van der Waals surface area contributed by atoms with Crippen LogP contribution in [0.5, 0.6) is 0 Å². The summed E-state index contributed by atoms with van der Waals surface area (Å²) < 4.78 is 6.49. The molecule has 3 aromatic rings. The number of nitrogens with one attached hydrogen (secondary N) is 1. The third-order valence-corrected chi connectivity index (χ3v) is 3.86. The van der Waals surface area contributed by atoms with Crippen LogP contribution in [-0.4, -0.2) is 10.8 Å². The minimum Gasteiger partial charge on any atom is -0.457 e. The number of fused-ring (bicyclic) bond motifs is 1. The number of furan rings is 1. The summed E-state index contributed by atoms with van der Waals surface area (Å²) in [6, 6.07) is 7.44. The van der Waals surface area contributed by atoms with Crippen molar-refractivity contribution in [3.8, 4) is 0 Å². The van der Waals surface area contributed by atoms with Gasteiger partial charge in [-0.1, -0.05) is 15.9 Å². The second-order valence-corrected chi connectivity index (χ2v) is 5.47. The van der Waals surface area contributed by atoms with Crippen molar-refractivity contribution in [3.05, 3.63) is 57.0 Å². The minimum absolute atomic E-state index is 0.0695. The van der Waals surface area contributed by atoms with Crippen molar-refractivity contribution in [2.75, 3.05) is 0 Å². The van der Waals surface area contributed by atoms with E-state index in [0.717, 1.165) is 15.4 Å². The maximum Gasteiger partial charge on any atom is 0.199 e. The molecule has 3 nitrogen and oxygen atoms in total. The Bertz CT molecular complexity index is 742. The molecule has 0 aliphatic rings. The Morgan fingerprint density at radius 2 is 2.00 bits per heavy atom. The Balaban J connectivity index is 2.18. The molecule has 0 radical (unpaired) electrons. The molecule has 0 aliphatic carbocycles. The summed E-state index contributed by atoms with van der Waals surface area (Å²) in [5.41, 5.74) is 2.09. The largest absolute Gasteiger partial charge is 0.457 e. The van der Waals surface area contributed by atoms with Gasteiger partial charge >= 0.3 is 0 Å². The maximum atomic E-state index is 12.4. The Morgan fingerprint density at radius 3 is 2.72 bits per heavy atom. The zero-order chi connectivity index (χ0) is 12.7. The smallest absolute Gasteiger partial charge is 0.199 e. The Morgan fingerprint density at radius 1 is 1.17 bits per heavy atom. The number of rotatable bonds is 2. The summed E-state index contributed by atoms with van der Waals surface area (Å²) in [6.07, 6.45) is 3.21. The van der Waals surface area contributed by atoms with Crippen LogP contribution in [0.25, 0.3) is 10.9 Å². The molecular formula is C13H7Br2NO2. The average molecular weight is 369 g/mol. The molecule has 0 bridgehead atoms. The van der Waals surface area contributed by atoms with Crippen LogP contribution in [0.3, 0.4) is 0 Å². The van der Waals surface area contributed by atoms with E-state index < -0.39 is 0 Å². The number of halogens is 2. The van der Waals surface area contributed by atoms with Crippen LogP contribution in [0, 0.1) is 0 Å². The first-order valence-corrected chi connectivity index (χ1v) is 6.80. The highest BCUT2D eigenvalue weighted by atomic mass is 79.9. The monoisotopic (exact) mass is 367 g/mol. The molecule has 18 heavy (non-hydrogen) atoms. The summed E-state index contributed by atoms with van der Waals surface area (Å²) in [5.74, 6) is -0.0695. The lowest BCUT2D eigenvalue weighted by atomic mass is 10.1. The van der Waals surface area contributed by atoms with Crippen LogP contribution in [-0.2, 0) is 0 Å². The summed E-state index contributed by atoms with van der Waals surface area (Å²) in [4.78, 5) is 15.5. The first-order chi connectivity index (χ1) is 8.66. The number of carbonyl (C=O) groups is 1. The van der Waals surface area contributed by atoms with E-state index in [1.165, 1.54) is 6.26 Å². The molecule has 0 aliphatic heterocycles. The molecule has 1 N–H and O–H groups in total. The average Bonchev–Trinajstić information content (AvgIpc) is 2.94. The van der Waals surface area contributed by atoms with Gasteiger partial charge in [-0.05, 0) is 40.2 Å². The molecule has 2 heterocycles. The van der Waals surface area contributed by atoms with Gasteiger partial charge in [0.1, 0.15) is 0 Å². The van der Waals surface area contributed by atoms with Crippen LogP contribution in [0.15, 0.2) is 50.3 Å². The van der Waals surface area contributed by atoms with Gasteiger partial charge in [-0.15, -0.1) is 0 Å². The fraction of sp³-hybridized carbons (Fsp3) is 0. The minimum atomic E-state index is -0.0695. The number of H-pyrrole nitrogens is 1. The molecule has 3 rings (SSSR count). The molecule has 1 aromatic carbocycles. The molecule has 0 spiro atoms. The zero-order valence-corrected chi connectivity index (χ0v) is 12.2. The lowest BCUT2D eigenvalue weighted by Gasteiger charge is -1.97. The summed E-state index contributed by atoms with van der Waals surface area (Å²) >= 11 is 6.63. The molecule has 0 saturated heterocycles. The van der Waals surface area contributed by atoms with Crippen LogP contribution < -0.4 is 0 Å². The molecule has 0 amide bonds. The van der Waals surface area contributed by atoms with E-state index in [0.29, 0.717) is 15.8 Å². The molecule has 2 aromatic heterocycles. The van der Waals surface area contributed by atoms with Gasteiger partial charge in [-0.2, -0.15) is 0 Å².